The second-order valence-corrected chi connectivity index (χ2v) is 8.41. The van der Waals surface area contributed by atoms with Crippen LogP contribution in [-0.4, -0.2) is 44.4 Å². The number of likely N-dealkylation sites (tertiary alicyclic amines) is 1. The lowest BCUT2D eigenvalue weighted by atomic mass is 10.1. The highest BCUT2D eigenvalue weighted by atomic mass is 32.2. The Hall–Kier alpha value is -2.60. The molecule has 0 atom stereocenters. The molecule has 0 N–H and O–H groups in total. The van der Waals surface area contributed by atoms with Crippen LogP contribution < -0.4 is 0 Å². The molecule has 0 unspecified atom stereocenters. The highest BCUT2D eigenvalue weighted by Crippen LogP contribution is 2.25. The molecule has 1 aliphatic heterocycles. The number of carbonyl (C=O) groups excluding carboxylic acids is 1. The van der Waals surface area contributed by atoms with Crippen LogP contribution in [-0.2, 0) is 11.2 Å². The van der Waals surface area contributed by atoms with Crippen molar-refractivity contribution < 1.29 is 4.79 Å². The maximum atomic E-state index is 12.6. The average Bonchev–Trinajstić information content (AvgIpc) is 3.15. The average molecular weight is 407 g/mol. The molecule has 5 nitrogen and oxygen atoms in total. The molecule has 3 aromatic rings. The van der Waals surface area contributed by atoms with Crippen molar-refractivity contribution in [2.24, 2.45) is 0 Å². The van der Waals surface area contributed by atoms with Crippen molar-refractivity contribution in [3.8, 4) is 5.69 Å². The lowest BCUT2D eigenvalue weighted by molar-refractivity contribution is -0.129. The summed E-state index contributed by atoms with van der Waals surface area (Å²) in [6.45, 7) is 3.84. The molecule has 1 fully saturated rings. The molecule has 1 saturated heterocycles. The Balaban J connectivity index is 1.58. The van der Waals surface area contributed by atoms with E-state index >= 15 is 0 Å². The van der Waals surface area contributed by atoms with Gasteiger partial charge in [-0.1, -0.05) is 54.2 Å². The highest BCUT2D eigenvalue weighted by Gasteiger charge is 2.20. The number of aryl methyl sites for hydroxylation is 1. The third-order valence-corrected chi connectivity index (χ3v) is 6.11. The van der Waals surface area contributed by atoms with Gasteiger partial charge < -0.3 is 4.90 Å². The van der Waals surface area contributed by atoms with E-state index in [0.29, 0.717) is 12.2 Å². The normalized spacial score (nSPS) is 14.2. The molecule has 6 heteroatoms. The third-order valence-electron chi connectivity index (χ3n) is 5.20. The van der Waals surface area contributed by atoms with Crippen molar-refractivity contribution in [2.75, 3.05) is 18.8 Å². The minimum absolute atomic E-state index is 0.193. The van der Waals surface area contributed by atoms with E-state index in [9.17, 15) is 4.79 Å². The zero-order valence-corrected chi connectivity index (χ0v) is 17.6. The number of benzene rings is 2. The molecule has 0 saturated carbocycles. The largest absolute Gasteiger partial charge is 0.342 e. The molecule has 1 aliphatic rings. The van der Waals surface area contributed by atoms with E-state index in [4.69, 9.17) is 0 Å². The number of hydrogen-bond donors (Lipinski definition) is 0. The quantitative estimate of drug-likeness (QED) is 0.574. The minimum Gasteiger partial charge on any atom is -0.342 e. The van der Waals surface area contributed by atoms with Crippen LogP contribution in [0, 0.1) is 6.92 Å². The second-order valence-electron chi connectivity index (χ2n) is 7.47. The van der Waals surface area contributed by atoms with Crippen LogP contribution in [0.2, 0.25) is 0 Å². The Bertz CT molecular complexity index is 964. The zero-order chi connectivity index (χ0) is 20.1. The van der Waals surface area contributed by atoms with Crippen molar-refractivity contribution >= 4 is 17.7 Å². The molecule has 1 aromatic heterocycles. The Morgan fingerprint density at radius 1 is 1.00 bits per heavy atom. The van der Waals surface area contributed by atoms with Crippen LogP contribution in [0.5, 0.6) is 0 Å². The first-order valence-electron chi connectivity index (χ1n) is 10.2. The summed E-state index contributed by atoms with van der Waals surface area (Å²) in [6.07, 6.45) is 4.14. The predicted molar refractivity (Wildman–Crippen MR) is 116 cm³/mol. The van der Waals surface area contributed by atoms with Gasteiger partial charge in [0.1, 0.15) is 5.82 Å². The summed E-state index contributed by atoms with van der Waals surface area (Å²) in [6, 6.07) is 18.6. The SMILES string of the molecule is Cc1cccc(-n2c(Cc3ccccc3)nnc2SCC(=O)N2CCCCC2)c1. The maximum Gasteiger partial charge on any atom is 0.233 e. The summed E-state index contributed by atoms with van der Waals surface area (Å²) >= 11 is 1.48. The second kappa shape index (κ2) is 9.27. The van der Waals surface area contributed by atoms with Gasteiger partial charge in [0.05, 0.1) is 5.75 Å². The molecule has 0 radical (unpaired) electrons. The fourth-order valence-corrected chi connectivity index (χ4v) is 4.55. The van der Waals surface area contributed by atoms with Gasteiger partial charge in [0.2, 0.25) is 5.91 Å². The van der Waals surface area contributed by atoms with Crippen molar-refractivity contribution in [2.45, 2.75) is 37.8 Å². The minimum atomic E-state index is 0.193. The van der Waals surface area contributed by atoms with Crippen molar-refractivity contribution in [3.63, 3.8) is 0 Å². The molecular formula is C23H26N4OS. The summed E-state index contributed by atoms with van der Waals surface area (Å²) in [5.41, 5.74) is 3.41. The number of thioether (sulfide) groups is 1. The standard InChI is InChI=1S/C23H26N4OS/c1-18-9-8-12-20(15-18)27-21(16-19-10-4-2-5-11-19)24-25-23(27)29-17-22(28)26-13-6-3-7-14-26/h2,4-5,8-12,15H,3,6-7,13-14,16-17H2,1H3. The van der Waals surface area contributed by atoms with Crippen LogP contribution in [0.3, 0.4) is 0 Å². The van der Waals surface area contributed by atoms with Gasteiger partial charge in [-0.2, -0.15) is 0 Å². The molecular weight excluding hydrogens is 380 g/mol. The first-order valence-corrected chi connectivity index (χ1v) is 11.1. The summed E-state index contributed by atoms with van der Waals surface area (Å²) in [4.78, 5) is 14.6. The molecule has 150 valence electrons. The number of aromatic nitrogens is 3. The fraction of sp³-hybridized carbons (Fsp3) is 0.348. The van der Waals surface area contributed by atoms with E-state index in [1.54, 1.807) is 0 Å². The fourth-order valence-electron chi connectivity index (χ4n) is 3.67. The van der Waals surface area contributed by atoms with Gasteiger partial charge in [-0.05, 0) is 49.4 Å². The Kier molecular flexibility index (Phi) is 6.30. The first-order chi connectivity index (χ1) is 14.2. The smallest absolute Gasteiger partial charge is 0.233 e. The third kappa shape index (κ3) is 4.88. The van der Waals surface area contributed by atoms with Crippen LogP contribution in [0.1, 0.15) is 36.2 Å². The maximum absolute atomic E-state index is 12.6. The topological polar surface area (TPSA) is 51.0 Å². The lowest BCUT2D eigenvalue weighted by Gasteiger charge is -2.26. The molecule has 0 bridgehead atoms. The highest BCUT2D eigenvalue weighted by molar-refractivity contribution is 7.99. The van der Waals surface area contributed by atoms with Gasteiger partial charge in [-0.15, -0.1) is 10.2 Å². The number of nitrogens with zero attached hydrogens (tertiary/aromatic N) is 4. The van der Waals surface area contributed by atoms with E-state index in [1.807, 2.05) is 29.2 Å². The number of piperidine rings is 1. The van der Waals surface area contributed by atoms with Crippen LogP contribution in [0.15, 0.2) is 59.8 Å². The van der Waals surface area contributed by atoms with E-state index in [0.717, 1.165) is 42.6 Å². The molecule has 4 rings (SSSR count). The zero-order valence-electron chi connectivity index (χ0n) is 16.8. The molecule has 29 heavy (non-hydrogen) atoms. The molecule has 2 heterocycles. The molecule has 2 aromatic carbocycles. The number of amides is 1. The summed E-state index contributed by atoms with van der Waals surface area (Å²) in [7, 11) is 0. The van der Waals surface area contributed by atoms with Crippen LogP contribution in [0.4, 0.5) is 0 Å². The predicted octanol–water partition coefficient (Wildman–Crippen LogP) is 4.27. The Labute approximate surface area is 176 Å². The molecule has 0 spiro atoms. The Morgan fingerprint density at radius 3 is 2.55 bits per heavy atom. The number of hydrogen-bond acceptors (Lipinski definition) is 4. The summed E-state index contributed by atoms with van der Waals surface area (Å²) in [5.74, 6) is 1.47. The van der Waals surface area contributed by atoms with E-state index in [2.05, 4.69) is 52.0 Å². The van der Waals surface area contributed by atoms with Gasteiger partial charge in [0, 0.05) is 25.2 Å². The summed E-state index contributed by atoms with van der Waals surface area (Å²) < 4.78 is 2.09. The van der Waals surface area contributed by atoms with Crippen molar-refractivity contribution in [1.82, 2.24) is 19.7 Å². The monoisotopic (exact) mass is 406 g/mol. The Morgan fingerprint density at radius 2 is 1.79 bits per heavy atom. The van der Waals surface area contributed by atoms with Gasteiger partial charge in [0.15, 0.2) is 5.16 Å². The van der Waals surface area contributed by atoms with E-state index in [1.165, 1.54) is 29.3 Å². The number of rotatable bonds is 6. The van der Waals surface area contributed by atoms with Gasteiger partial charge >= 0.3 is 0 Å². The van der Waals surface area contributed by atoms with Gasteiger partial charge in [0.25, 0.3) is 0 Å². The van der Waals surface area contributed by atoms with Crippen LogP contribution in [0.25, 0.3) is 5.69 Å². The lowest BCUT2D eigenvalue weighted by Crippen LogP contribution is -2.36. The first kappa shape index (κ1) is 19.7. The molecule has 0 aliphatic carbocycles. The van der Waals surface area contributed by atoms with Crippen molar-refractivity contribution in [1.29, 1.82) is 0 Å². The molecule has 1 amide bonds. The van der Waals surface area contributed by atoms with E-state index < -0.39 is 0 Å². The van der Waals surface area contributed by atoms with Gasteiger partial charge in [-0.3, -0.25) is 9.36 Å². The van der Waals surface area contributed by atoms with E-state index in [-0.39, 0.29) is 5.91 Å². The van der Waals surface area contributed by atoms with Crippen molar-refractivity contribution in [3.05, 3.63) is 71.5 Å². The van der Waals surface area contributed by atoms with Gasteiger partial charge in [-0.25, -0.2) is 0 Å². The number of carbonyl (C=O) groups is 1. The summed E-state index contributed by atoms with van der Waals surface area (Å²) in [5, 5.41) is 9.69. The van der Waals surface area contributed by atoms with Crippen LogP contribution >= 0.6 is 11.8 Å².